The summed E-state index contributed by atoms with van der Waals surface area (Å²) in [6.07, 6.45) is 35.7. The minimum absolute atomic E-state index is 0.825. The zero-order valence-electron chi connectivity index (χ0n) is 22.0. The molecule has 0 atom stereocenters. The number of unbranched alkanes of at least 4 members (excludes halogenated alkanes) is 12. The van der Waals surface area contributed by atoms with E-state index in [2.05, 4.69) is 28.9 Å². The maximum absolute atomic E-state index is 4.49. The molecule has 0 radical (unpaired) electrons. The van der Waals surface area contributed by atoms with Crippen molar-refractivity contribution in [3.05, 3.63) is 0 Å². The maximum atomic E-state index is 4.49. The van der Waals surface area contributed by atoms with Gasteiger partial charge in [-0.05, 0) is 19.3 Å². The summed E-state index contributed by atoms with van der Waals surface area (Å²) in [6.45, 7) is 3.24. The Bertz CT molecular complexity index is 371. The summed E-state index contributed by atoms with van der Waals surface area (Å²) in [4.78, 5) is 0. The van der Waals surface area contributed by atoms with Crippen molar-refractivity contribution in [2.24, 2.45) is 10.2 Å². The highest BCUT2D eigenvalue weighted by Crippen LogP contribution is 2.25. The Hall–Kier alpha value is -0.0500. The molecule has 0 amide bonds. The first-order chi connectivity index (χ1) is 15.9. The smallest absolute Gasteiger partial charge is 0.105 e. The van der Waals surface area contributed by atoms with Crippen LogP contribution in [0.4, 0.5) is 0 Å². The van der Waals surface area contributed by atoms with Gasteiger partial charge in [-0.3, -0.25) is 0 Å². The van der Waals surface area contributed by atoms with E-state index in [0.717, 1.165) is 17.7 Å². The third kappa shape index (κ3) is 21.8. The van der Waals surface area contributed by atoms with Crippen LogP contribution in [0.1, 0.15) is 167 Å². The van der Waals surface area contributed by atoms with Gasteiger partial charge in [0.05, 0.1) is 6.54 Å². The van der Waals surface area contributed by atoms with Crippen LogP contribution in [-0.2, 0) is 0 Å². The monoisotopic (exact) mass is 466 g/mol. The Morgan fingerprint density at radius 1 is 0.500 bits per heavy atom. The normalized spacial score (nSPS) is 17.8. The van der Waals surface area contributed by atoms with Gasteiger partial charge in [0.15, 0.2) is 0 Å². The molecule has 32 heavy (non-hydrogen) atoms. The topological polar surface area (TPSA) is 24.7 Å². The fourth-order valence-corrected chi connectivity index (χ4v) is 5.95. The summed E-state index contributed by atoms with van der Waals surface area (Å²) in [5, 5.41) is 9.78. The van der Waals surface area contributed by atoms with E-state index >= 15 is 0 Å². The van der Waals surface area contributed by atoms with Crippen LogP contribution in [0.2, 0.25) is 0 Å². The second kappa shape index (κ2) is 25.6. The SMILES string of the molecule is CCCCCCCCCCCCCCC/N=N\CSC1CCCCCCCCCCCC1. The van der Waals surface area contributed by atoms with Crippen molar-refractivity contribution in [2.75, 3.05) is 12.4 Å². The van der Waals surface area contributed by atoms with Gasteiger partial charge in [-0.15, -0.1) is 11.8 Å². The Kier molecular flexibility index (Phi) is 24.0. The summed E-state index contributed by atoms with van der Waals surface area (Å²) >= 11 is 2.08. The molecule has 1 saturated carbocycles. The van der Waals surface area contributed by atoms with E-state index < -0.39 is 0 Å². The van der Waals surface area contributed by atoms with Crippen molar-refractivity contribution in [2.45, 2.75) is 173 Å². The van der Waals surface area contributed by atoms with Gasteiger partial charge in [0.2, 0.25) is 0 Å². The molecule has 190 valence electrons. The lowest BCUT2D eigenvalue weighted by Gasteiger charge is -2.15. The molecule has 0 unspecified atom stereocenters. The van der Waals surface area contributed by atoms with Crippen LogP contribution in [0.15, 0.2) is 10.2 Å². The lowest BCUT2D eigenvalue weighted by atomic mass is 10.0. The molecular weight excluding hydrogens is 408 g/mol. The average molecular weight is 467 g/mol. The Balaban J connectivity index is 1.90. The quantitative estimate of drug-likeness (QED) is 0.154. The molecule has 3 heteroatoms. The number of nitrogens with zero attached hydrogens (tertiary/aromatic N) is 2. The summed E-state index contributed by atoms with van der Waals surface area (Å²) < 4.78 is 0. The molecule has 0 bridgehead atoms. The summed E-state index contributed by atoms with van der Waals surface area (Å²) in [5.74, 6) is 0.892. The molecule has 0 aromatic rings. The first-order valence-corrected chi connectivity index (χ1v) is 15.9. The lowest BCUT2D eigenvalue weighted by molar-refractivity contribution is 0.539. The maximum Gasteiger partial charge on any atom is 0.105 e. The number of hydrogen-bond acceptors (Lipinski definition) is 3. The molecule has 0 aliphatic heterocycles. The number of thioether (sulfide) groups is 1. The van der Waals surface area contributed by atoms with Gasteiger partial charge >= 0.3 is 0 Å². The van der Waals surface area contributed by atoms with Crippen molar-refractivity contribution in [1.29, 1.82) is 0 Å². The summed E-state index contributed by atoms with van der Waals surface area (Å²) in [6, 6.07) is 0. The van der Waals surface area contributed by atoms with Crippen LogP contribution in [0, 0.1) is 0 Å². The fourth-order valence-electron chi connectivity index (χ4n) is 4.92. The second-order valence-corrected chi connectivity index (χ2v) is 11.5. The minimum Gasteiger partial charge on any atom is -0.193 e. The molecule has 0 N–H and O–H groups in total. The first kappa shape index (κ1) is 30.0. The van der Waals surface area contributed by atoms with Gasteiger partial charge in [-0.2, -0.15) is 10.2 Å². The lowest BCUT2D eigenvalue weighted by Crippen LogP contribution is -2.03. The first-order valence-electron chi connectivity index (χ1n) is 14.9. The minimum atomic E-state index is 0.825. The Morgan fingerprint density at radius 2 is 0.906 bits per heavy atom. The molecule has 1 rings (SSSR count). The highest BCUT2D eigenvalue weighted by atomic mass is 32.2. The molecule has 1 aliphatic rings. The number of rotatable bonds is 17. The predicted octanol–water partition coefficient (Wildman–Crippen LogP) is 11.3. The summed E-state index contributed by atoms with van der Waals surface area (Å²) in [5.41, 5.74) is 0. The zero-order chi connectivity index (χ0) is 22.8. The van der Waals surface area contributed by atoms with E-state index in [-0.39, 0.29) is 0 Å². The van der Waals surface area contributed by atoms with Gasteiger partial charge in [-0.25, -0.2) is 0 Å². The van der Waals surface area contributed by atoms with Crippen molar-refractivity contribution < 1.29 is 0 Å². The zero-order valence-corrected chi connectivity index (χ0v) is 22.8. The van der Waals surface area contributed by atoms with E-state index in [0.29, 0.717) is 0 Å². The van der Waals surface area contributed by atoms with Crippen molar-refractivity contribution in [3.63, 3.8) is 0 Å². The number of azo groups is 1. The van der Waals surface area contributed by atoms with Gasteiger partial charge in [-0.1, -0.05) is 148 Å². The molecule has 1 aliphatic carbocycles. The van der Waals surface area contributed by atoms with Gasteiger partial charge < -0.3 is 0 Å². The standard InChI is InChI=1S/C29H58N2S/c1-2-3-4-5-6-7-8-9-12-15-18-21-24-27-30-31-28-32-29-25-22-19-16-13-10-11-14-17-20-23-26-29/h29H,2-28H2,1H3/b31-30-. The molecule has 0 aromatic carbocycles. The van der Waals surface area contributed by atoms with Crippen LogP contribution in [0.3, 0.4) is 0 Å². The molecule has 0 saturated heterocycles. The molecule has 0 heterocycles. The third-order valence-corrected chi connectivity index (χ3v) is 8.34. The van der Waals surface area contributed by atoms with E-state index in [1.54, 1.807) is 0 Å². The highest BCUT2D eigenvalue weighted by molar-refractivity contribution is 7.99. The van der Waals surface area contributed by atoms with Crippen LogP contribution in [0.5, 0.6) is 0 Å². The largest absolute Gasteiger partial charge is 0.193 e. The summed E-state index contributed by atoms with van der Waals surface area (Å²) in [7, 11) is 0. The average Bonchev–Trinajstić information content (AvgIpc) is 2.83. The molecular formula is C29H58N2S. The van der Waals surface area contributed by atoms with Crippen LogP contribution in [-0.4, -0.2) is 17.7 Å². The predicted molar refractivity (Wildman–Crippen MR) is 147 cm³/mol. The number of hydrogen-bond donors (Lipinski definition) is 0. The van der Waals surface area contributed by atoms with E-state index in [4.69, 9.17) is 0 Å². The highest BCUT2D eigenvalue weighted by Gasteiger charge is 2.09. The van der Waals surface area contributed by atoms with Gasteiger partial charge in [0, 0.05) is 5.25 Å². The van der Waals surface area contributed by atoms with E-state index in [1.807, 2.05) is 0 Å². The third-order valence-electron chi connectivity index (χ3n) is 7.13. The molecule has 0 spiro atoms. The molecule has 1 fully saturated rings. The van der Waals surface area contributed by atoms with Crippen LogP contribution >= 0.6 is 11.8 Å². The van der Waals surface area contributed by atoms with Gasteiger partial charge in [0.1, 0.15) is 5.88 Å². The molecule has 2 nitrogen and oxygen atoms in total. The van der Waals surface area contributed by atoms with Crippen molar-refractivity contribution in [3.8, 4) is 0 Å². The van der Waals surface area contributed by atoms with Crippen molar-refractivity contribution >= 4 is 11.8 Å². The molecule has 0 aromatic heterocycles. The van der Waals surface area contributed by atoms with Crippen LogP contribution in [0.25, 0.3) is 0 Å². The van der Waals surface area contributed by atoms with Crippen LogP contribution < -0.4 is 0 Å². The van der Waals surface area contributed by atoms with Gasteiger partial charge in [0.25, 0.3) is 0 Å². The van der Waals surface area contributed by atoms with Crippen molar-refractivity contribution in [1.82, 2.24) is 0 Å². The Morgan fingerprint density at radius 3 is 1.38 bits per heavy atom. The Labute approximate surface area is 207 Å². The van der Waals surface area contributed by atoms with E-state index in [1.165, 1.54) is 161 Å². The second-order valence-electron chi connectivity index (χ2n) is 10.3. The fraction of sp³-hybridized carbons (Fsp3) is 1.00. The van der Waals surface area contributed by atoms with E-state index in [9.17, 15) is 0 Å².